The van der Waals surface area contributed by atoms with E-state index in [1.807, 2.05) is 4.93 Å². The number of nitrogens with one attached hydrogen (secondary N) is 2. The van der Waals surface area contributed by atoms with Crippen LogP contribution in [0.4, 0.5) is 21.9 Å². The molecule has 5 aliphatic rings. The zero-order valence-corrected chi connectivity index (χ0v) is 49.8. The van der Waals surface area contributed by atoms with Gasteiger partial charge in [-0.1, -0.05) is 34.2 Å². The molecule has 5 heterocycles. The van der Waals surface area contributed by atoms with Crippen molar-refractivity contribution >= 4 is 108 Å². The van der Waals surface area contributed by atoms with Crippen molar-refractivity contribution in [3.8, 4) is 0 Å². The number of esters is 1. The van der Waals surface area contributed by atoms with Crippen molar-refractivity contribution < 1.29 is 130 Å². The summed E-state index contributed by atoms with van der Waals surface area (Å²) < 4.78 is 33.5. The van der Waals surface area contributed by atoms with Gasteiger partial charge in [0.05, 0.1) is 38.1 Å². The number of nitrogens with zero attached hydrogens (tertiary/aromatic N) is 5. The van der Waals surface area contributed by atoms with Crippen LogP contribution in [0.25, 0.3) is 0 Å². The van der Waals surface area contributed by atoms with Crippen LogP contribution in [-0.2, 0) is 94.3 Å². The molecule has 0 spiro atoms. The standard InChI is InChI=1S/C23H25ClN4O5.C8H16BNO4.C7H14BNO4.C6H12BNO4.CH3I.2Ag.O/c1-32-19-12-20(28(13-19)23(31)26-17-4-2-15(24)3-5-17)22(30)25-16-6-8-18(9-7-16)27-10-11-33-14-21(27)29;1-9(12)10-5-6(13-2)4-7(10)8(11)14-3;1-8(12)9-4-5(13-2)3-6(9)7(10)11;1-7(12)8-3-4(9)2-5(8)6(10)11;1-2;;;/h2-9,19-20H,10-14H2,1H3,(H,25,30)(H,26,31);6-7,12H,4-5H2,1-3H3;5-6,12H,3-4H2,1-2H3,(H,10,11);4-5,9,12H,2-3H2,1H3,(H,10,11);1H3;;;/t19-,20-;6-,7?;5-,6?;4-,5?;;;;/m1111..../s1. The Bertz CT molecular complexity index is 2150. The molecule has 5 fully saturated rings. The first-order valence-corrected chi connectivity index (χ1v) is 27.0. The first kappa shape index (κ1) is 72.1. The van der Waals surface area contributed by atoms with E-state index in [1.165, 1.54) is 28.5 Å². The van der Waals surface area contributed by atoms with Crippen molar-refractivity contribution in [2.45, 2.75) is 94.7 Å². The van der Waals surface area contributed by atoms with Gasteiger partial charge in [-0.3, -0.25) is 24.0 Å². The van der Waals surface area contributed by atoms with Crippen molar-refractivity contribution in [2.75, 3.05) is 94.8 Å². The molecule has 1 radical (unpaired) electrons. The average Bonchev–Trinajstić information content (AvgIpc) is 4.24. The Morgan fingerprint density at radius 3 is 1.55 bits per heavy atom. The fourth-order valence-corrected chi connectivity index (χ4v) is 8.95. The molecule has 8 atom stereocenters. The number of methoxy groups -OCH3 is 4. The molecular formula is C45H70Ag2B3ClIN7O18. The van der Waals surface area contributed by atoms with Crippen LogP contribution in [0.15, 0.2) is 48.5 Å². The Hall–Kier alpha value is -2.88. The van der Waals surface area contributed by atoms with Gasteiger partial charge in [0, 0.05) is 118 Å². The zero-order valence-electron chi connectivity index (χ0n) is 43.9. The molecule has 4 amide bonds. The molecule has 8 N–H and O–H groups in total. The van der Waals surface area contributed by atoms with Crippen molar-refractivity contribution in [1.82, 2.24) is 19.3 Å². The maximum absolute atomic E-state index is 13.0. The fraction of sp³-hybridized carbons (Fsp3) is 0.600. The van der Waals surface area contributed by atoms with E-state index in [0.29, 0.717) is 68.4 Å². The van der Waals surface area contributed by atoms with E-state index in [0.717, 1.165) is 5.69 Å². The van der Waals surface area contributed by atoms with Gasteiger partial charge in [-0.2, -0.15) is 0 Å². The number of aliphatic carboxylic acids is 2. The third kappa shape index (κ3) is 22.5. The predicted molar refractivity (Wildman–Crippen MR) is 287 cm³/mol. The van der Waals surface area contributed by atoms with Gasteiger partial charge in [0.25, 0.3) is 5.91 Å². The topological polar surface area (TPSA) is 327 Å². The molecule has 3 unspecified atom stereocenters. The Morgan fingerprint density at radius 1 is 0.675 bits per heavy atom. The number of anilines is 3. The number of aliphatic hydroxyl groups is 1. The van der Waals surface area contributed by atoms with E-state index in [4.69, 9.17) is 54.1 Å². The second-order valence-corrected chi connectivity index (χ2v) is 18.1. The number of β-amino-alcohol motifs (C(OH)–C–C–N with tert-alkyl or cyclic N) is 1. The van der Waals surface area contributed by atoms with E-state index in [2.05, 4.69) is 38.0 Å². The quantitative estimate of drug-likeness (QED) is 0.0603. The third-order valence-corrected chi connectivity index (χ3v) is 13.0. The van der Waals surface area contributed by atoms with Gasteiger partial charge < -0.3 is 88.9 Å². The summed E-state index contributed by atoms with van der Waals surface area (Å²) in [6.07, 6.45) is 0.624. The van der Waals surface area contributed by atoms with Gasteiger partial charge in [0.1, 0.15) is 30.8 Å². The van der Waals surface area contributed by atoms with E-state index in [1.54, 1.807) is 114 Å². The van der Waals surface area contributed by atoms with Gasteiger partial charge in [-0.25, -0.2) is 4.79 Å². The molecular weight excluding hydrogens is 1340 g/mol. The molecule has 2 aromatic carbocycles. The number of ether oxygens (including phenoxy) is 5. The number of carboxylic acid groups (broad SMARTS) is 2. The molecule has 0 bridgehead atoms. The van der Waals surface area contributed by atoms with Crippen molar-refractivity contribution in [1.29, 1.82) is 0 Å². The Balaban J connectivity index is 0.000000560. The summed E-state index contributed by atoms with van der Waals surface area (Å²) in [5, 5.41) is 60.8. The molecule has 438 valence electrons. The molecule has 5 aliphatic heterocycles. The fourth-order valence-electron chi connectivity index (χ4n) is 8.83. The number of rotatable bonds is 13. The van der Waals surface area contributed by atoms with Crippen LogP contribution in [0.5, 0.6) is 0 Å². The number of benzene rings is 2. The number of likely N-dealkylation sites (tertiary alicyclic amines) is 1. The average molecular weight is 1410 g/mol. The summed E-state index contributed by atoms with van der Waals surface area (Å²) in [5.74, 6) is -2.62. The van der Waals surface area contributed by atoms with Crippen LogP contribution in [0, 0.1) is 0 Å². The van der Waals surface area contributed by atoms with E-state index < -0.39 is 63.4 Å². The molecule has 32 heteroatoms. The molecule has 0 aromatic heterocycles. The second-order valence-electron chi connectivity index (χ2n) is 17.6. The molecule has 0 aliphatic carbocycles. The molecule has 5 saturated heterocycles. The Morgan fingerprint density at radius 2 is 1.10 bits per heavy atom. The van der Waals surface area contributed by atoms with Gasteiger partial charge >= 0.3 is 69.4 Å². The number of carbonyl (C=O) groups is 6. The Labute approximate surface area is 496 Å². The first-order chi connectivity index (χ1) is 36.1. The zero-order chi connectivity index (χ0) is 57.4. The predicted octanol–water partition coefficient (Wildman–Crippen LogP) is 1.14. The van der Waals surface area contributed by atoms with Crippen molar-refractivity contribution in [2.24, 2.45) is 0 Å². The number of aliphatic hydroxyl groups excluding tert-OH is 1. The van der Waals surface area contributed by atoms with Gasteiger partial charge in [0.2, 0.25) is 5.91 Å². The number of urea groups is 1. The number of amides is 4. The van der Waals surface area contributed by atoms with Crippen LogP contribution >= 0.6 is 34.2 Å². The summed E-state index contributed by atoms with van der Waals surface area (Å²) in [6.45, 7) is 7.30. The van der Waals surface area contributed by atoms with Crippen LogP contribution in [0.2, 0.25) is 25.5 Å². The van der Waals surface area contributed by atoms with E-state index >= 15 is 0 Å². The number of carbonyl (C=O) groups excluding carboxylic acids is 4. The maximum atomic E-state index is 13.0. The minimum atomic E-state index is -0.993. The first-order valence-electron chi connectivity index (χ1n) is 23.9. The SMILES string of the molecule is CB(O)N1C[C@H](O)CC1C(=O)O.CI.COC(=O)C1C[C@@H](OC)CN1B(C)O.CO[C@@H]1CC(C(=O)O)N(B(C)O)C1.CO[C@@H]1C[C@H](C(=O)Nc2ccc(N3CCOCC3=O)cc2)N(C(=O)Nc2ccc(Cl)cc2)C1.[Ag].[O]=[Ag]. The number of hydrogen-bond donors (Lipinski definition) is 8. The molecule has 0 saturated carbocycles. The van der Waals surface area contributed by atoms with Crippen molar-refractivity contribution in [3.63, 3.8) is 0 Å². The molecule has 2 aromatic rings. The summed E-state index contributed by atoms with van der Waals surface area (Å²) in [7, 11) is 3.86. The van der Waals surface area contributed by atoms with Gasteiger partial charge in [-0.05, 0) is 80.4 Å². The minimum absolute atomic E-state index is 0. The second kappa shape index (κ2) is 37.2. The van der Waals surface area contributed by atoms with Crippen LogP contribution in [-0.4, -0.2) is 235 Å². The number of carboxylic acids is 2. The van der Waals surface area contributed by atoms with E-state index in [-0.39, 0.29) is 84.1 Å². The molecule has 77 heavy (non-hydrogen) atoms. The van der Waals surface area contributed by atoms with Crippen LogP contribution in [0.1, 0.15) is 25.7 Å². The number of alkyl halides is 1. The number of hydrogen-bond acceptors (Lipinski definition) is 19. The van der Waals surface area contributed by atoms with Crippen molar-refractivity contribution in [3.05, 3.63) is 53.6 Å². The monoisotopic (exact) mass is 1410 g/mol. The summed E-state index contributed by atoms with van der Waals surface area (Å²) in [4.78, 5) is 80.3. The summed E-state index contributed by atoms with van der Waals surface area (Å²) in [6, 6.07) is 10.9. The van der Waals surface area contributed by atoms with Gasteiger partial charge in [-0.15, -0.1) is 0 Å². The van der Waals surface area contributed by atoms with E-state index in [9.17, 15) is 38.8 Å². The number of halogens is 2. The van der Waals surface area contributed by atoms with Crippen LogP contribution in [0.3, 0.4) is 0 Å². The van der Waals surface area contributed by atoms with Crippen LogP contribution < -0.4 is 15.5 Å². The number of morpholine rings is 1. The third-order valence-electron chi connectivity index (χ3n) is 12.8. The Kier molecular flexibility index (Phi) is 34.8. The summed E-state index contributed by atoms with van der Waals surface area (Å²) in [5.41, 5.74) is 1.90. The normalized spacial score (nSPS) is 23.7. The molecule has 25 nitrogen and oxygen atoms in total. The van der Waals surface area contributed by atoms with Gasteiger partial charge in [0.15, 0.2) is 0 Å². The summed E-state index contributed by atoms with van der Waals surface area (Å²) >= 11 is 9.75. The molecule has 7 rings (SSSR count).